The molecule has 0 spiro atoms. The van der Waals surface area contributed by atoms with Crippen molar-refractivity contribution < 1.29 is 9.21 Å². The van der Waals surface area contributed by atoms with E-state index in [1.54, 1.807) is 29.2 Å². The first-order chi connectivity index (χ1) is 13.4. The number of hydrogen-bond acceptors (Lipinski definition) is 6. The van der Waals surface area contributed by atoms with E-state index in [1.165, 1.54) is 11.8 Å². The summed E-state index contributed by atoms with van der Waals surface area (Å²) in [6.45, 7) is 0. The van der Waals surface area contributed by atoms with E-state index in [-0.39, 0.29) is 11.5 Å². The number of anilines is 1. The molecule has 28 heavy (non-hydrogen) atoms. The molecule has 0 bridgehead atoms. The Labute approximate surface area is 177 Å². The Hall–Kier alpha value is -2.42. The number of carbonyl (C=O) groups is 1. The predicted octanol–water partition coefficient (Wildman–Crippen LogP) is 4.62. The first-order valence-corrected chi connectivity index (χ1v) is 10.0. The van der Waals surface area contributed by atoms with Gasteiger partial charge in [-0.3, -0.25) is 4.79 Å². The number of hydrogen-bond donors (Lipinski definition) is 1. The summed E-state index contributed by atoms with van der Waals surface area (Å²) < 4.78 is 5.68. The molecule has 0 amide bonds. The molecule has 0 atom stereocenters. The van der Waals surface area contributed by atoms with Crippen LogP contribution in [0.3, 0.4) is 0 Å². The Kier molecular flexibility index (Phi) is 6.66. The van der Waals surface area contributed by atoms with Gasteiger partial charge >= 0.3 is 0 Å². The van der Waals surface area contributed by atoms with E-state index in [4.69, 9.17) is 28.2 Å². The molecule has 3 aromatic rings. The molecule has 0 fully saturated rings. The molecule has 2 aromatic carbocycles. The molecule has 0 aliphatic carbocycles. The number of thiocarbonyl (C=S) groups is 1. The van der Waals surface area contributed by atoms with Crippen LogP contribution in [0.1, 0.15) is 10.4 Å². The van der Waals surface area contributed by atoms with E-state index in [0.717, 1.165) is 11.3 Å². The van der Waals surface area contributed by atoms with Crippen molar-refractivity contribution in [2.75, 3.05) is 25.2 Å². The number of aromatic nitrogens is 2. The number of benzene rings is 2. The first-order valence-electron chi connectivity index (χ1n) is 8.26. The highest BCUT2D eigenvalue weighted by Gasteiger charge is 2.13. The van der Waals surface area contributed by atoms with Crippen LogP contribution in [0.2, 0.25) is 5.02 Å². The van der Waals surface area contributed by atoms with Gasteiger partial charge in [0, 0.05) is 35.9 Å². The summed E-state index contributed by atoms with van der Waals surface area (Å²) >= 11 is 12.3. The second-order valence-electron chi connectivity index (χ2n) is 6.00. The number of halogens is 1. The normalized spacial score (nSPS) is 10.5. The summed E-state index contributed by atoms with van der Waals surface area (Å²) in [5.41, 5.74) is 2.17. The molecule has 6 nitrogen and oxygen atoms in total. The van der Waals surface area contributed by atoms with Crippen LogP contribution >= 0.6 is 35.6 Å². The highest BCUT2D eigenvalue weighted by molar-refractivity contribution is 7.99. The third-order valence-corrected chi connectivity index (χ3v) is 5.20. The van der Waals surface area contributed by atoms with Crippen molar-refractivity contribution in [3.63, 3.8) is 0 Å². The monoisotopic (exact) mass is 432 g/mol. The van der Waals surface area contributed by atoms with E-state index >= 15 is 0 Å². The molecule has 0 saturated heterocycles. The number of carbonyl (C=O) groups excluding carboxylic acids is 1. The second kappa shape index (κ2) is 9.18. The van der Waals surface area contributed by atoms with Crippen LogP contribution in [0.5, 0.6) is 0 Å². The van der Waals surface area contributed by atoms with Crippen molar-refractivity contribution in [1.29, 1.82) is 0 Å². The Morgan fingerprint density at radius 3 is 2.68 bits per heavy atom. The summed E-state index contributed by atoms with van der Waals surface area (Å²) in [5.74, 6) is 0.535. The molecule has 0 aliphatic heterocycles. The van der Waals surface area contributed by atoms with Gasteiger partial charge in [0.25, 0.3) is 5.22 Å². The molecule has 1 heterocycles. The van der Waals surface area contributed by atoms with Crippen LogP contribution in [0.4, 0.5) is 5.69 Å². The number of nitrogens with one attached hydrogen (secondary N) is 1. The molecule has 0 saturated carbocycles. The van der Waals surface area contributed by atoms with Crippen LogP contribution in [-0.2, 0) is 0 Å². The van der Waals surface area contributed by atoms with Gasteiger partial charge in [-0.25, -0.2) is 0 Å². The van der Waals surface area contributed by atoms with Crippen molar-refractivity contribution in [1.82, 2.24) is 15.1 Å². The zero-order valence-electron chi connectivity index (χ0n) is 15.2. The van der Waals surface area contributed by atoms with Crippen molar-refractivity contribution in [3.8, 4) is 11.5 Å². The second-order valence-corrected chi connectivity index (χ2v) is 7.75. The minimum absolute atomic E-state index is 0.0372. The summed E-state index contributed by atoms with van der Waals surface area (Å²) in [5, 5.41) is 12.7. The lowest BCUT2D eigenvalue weighted by Gasteiger charge is -2.15. The predicted molar refractivity (Wildman–Crippen MR) is 116 cm³/mol. The number of Topliss-reactive ketones (excluding diaryl/α,β-unsaturated/α-hetero) is 1. The zero-order valence-corrected chi connectivity index (χ0v) is 17.6. The van der Waals surface area contributed by atoms with E-state index < -0.39 is 0 Å². The van der Waals surface area contributed by atoms with Gasteiger partial charge in [-0.1, -0.05) is 29.4 Å². The largest absolute Gasteiger partial charge is 0.411 e. The van der Waals surface area contributed by atoms with Crippen LogP contribution < -0.4 is 5.32 Å². The van der Waals surface area contributed by atoms with E-state index in [2.05, 4.69) is 15.5 Å². The van der Waals surface area contributed by atoms with Crippen LogP contribution in [0.15, 0.2) is 58.2 Å². The molecule has 3 rings (SSSR count). The lowest BCUT2D eigenvalue weighted by atomic mass is 10.1. The van der Waals surface area contributed by atoms with Gasteiger partial charge in [0.15, 0.2) is 10.9 Å². The zero-order chi connectivity index (χ0) is 20.1. The third-order valence-electron chi connectivity index (χ3n) is 3.67. The fourth-order valence-corrected chi connectivity index (χ4v) is 3.10. The van der Waals surface area contributed by atoms with Crippen LogP contribution in [0.25, 0.3) is 11.5 Å². The van der Waals surface area contributed by atoms with Crippen molar-refractivity contribution in [2.24, 2.45) is 0 Å². The van der Waals surface area contributed by atoms with E-state index in [0.29, 0.717) is 26.8 Å². The van der Waals surface area contributed by atoms with Gasteiger partial charge in [0.2, 0.25) is 5.89 Å². The van der Waals surface area contributed by atoms with Crippen LogP contribution in [0, 0.1) is 0 Å². The Bertz CT molecular complexity index is 990. The fraction of sp³-hybridized carbons (Fsp3) is 0.158. The van der Waals surface area contributed by atoms with Gasteiger partial charge in [-0.15, -0.1) is 10.2 Å². The van der Waals surface area contributed by atoms with Gasteiger partial charge in [-0.2, -0.15) is 0 Å². The topological polar surface area (TPSA) is 71.3 Å². The standard InChI is InChI=1S/C19H17ClN4O2S2/c1-24(2)18(27)21-15-5-3-4-13(10-15)17-22-23-19(26-17)28-11-16(25)12-6-8-14(20)9-7-12/h3-10H,11H2,1-2H3,(H,21,27). The lowest BCUT2D eigenvalue weighted by molar-refractivity contribution is 0.102. The van der Waals surface area contributed by atoms with Crippen molar-refractivity contribution >= 4 is 52.2 Å². The summed E-state index contributed by atoms with van der Waals surface area (Å²) in [7, 11) is 3.73. The summed E-state index contributed by atoms with van der Waals surface area (Å²) in [6.07, 6.45) is 0. The van der Waals surface area contributed by atoms with Gasteiger partial charge < -0.3 is 14.6 Å². The van der Waals surface area contributed by atoms with E-state index in [1.807, 2.05) is 38.4 Å². The molecule has 0 aliphatic rings. The number of ketones is 1. The average molecular weight is 433 g/mol. The number of rotatable bonds is 6. The molecule has 9 heteroatoms. The Morgan fingerprint density at radius 1 is 1.21 bits per heavy atom. The molecular weight excluding hydrogens is 416 g/mol. The maximum atomic E-state index is 12.2. The molecular formula is C19H17ClN4O2S2. The smallest absolute Gasteiger partial charge is 0.277 e. The molecule has 0 radical (unpaired) electrons. The molecule has 144 valence electrons. The van der Waals surface area contributed by atoms with Crippen molar-refractivity contribution in [2.45, 2.75) is 5.22 Å². The Balaban J connectivity index is 1.64. The number of nitrogens with zero attached hydrogens (tertiary/aromatic N) is 3. The van der Waals surface area contributed by atoms with Crippen molar-refractivity contribution in [3.05, 3.63) is 59.1 Å². The summed E-state index contributed by atoms with van der Waals surface area (Å²) in [4.78, 5) is 14.0. The number of thioether (sulfide) groups is 1. The van der Waals surface area contributed by atoms with Gasteiger partial charge in [-0.05, 0) is 54.7 Å². The Morgan fingerprint density at radius 2 is 1.96 bits per heavy atom. The van der Waals surface area contributed by atoms with Gasteiger partial charge in [0.1, 0.15) is 0 Å². The minimum atomic E-state index is -0.0372. The molecule has 1 aromatic heterocycles. The highest BCUT2D eigenvalue weighted by atomic mass is 35.5. The molecule has 1 N–H and O–H groups in total. The van der Waals surface area contributed by atoms with Gasteiger partial charge in [0.05, 0.1) is 5.75 Å². The highest BCUT2D eigenvalue weighted by Crippen LogP contribution is 2.26. The minimum Gasteiger partial charge on any atom is -0.411 e. The maximum absolute atomic E-state index is 12.2. The average Bonchev–Trinajstić information content (AvgIpc) is 3.16. The first kappa shape index (κ1) is 20.3. The summed E-state index contributed by atoms with van der Waals surface area (Å²) in [6, 6.07) is 14.3. The maximum Gasteiger partial charge on any atom is 0.277 e. The lowest BCUT2D eigenvalue weighted by Crippen LogP contribution is -2.26. The third kappa shape index (κ3) is 5.31. The SMILES string of the molecule is CN(C)C(=S)Nc1cccc(-c2nnc(SCC(=O)c3ccc(Cl)cc3)o2)c1. The fourth-order valence-electron chi connectivity index (χ4n) is 2.20. The van der Waals surface area contributed by atoms with Crippen LogP contribution in [-0.4, -0.2) is 45.8 Å². The quantitative estimate of drug-likeness (QED) is 0.343. The van der Waals surface area contributed by atoms with E-state index in [9.17, 15) is 4.79 Å². The molecule has 0 unspecified atom stereocenters.